The van der Waals surface area contributed by atoms with Gasteiger partial charge in [-0.1, -0.05) is 0 Å². The first-order valence-corrected chi connectivity index (χ1v) is 5.72. The van der Waals surface area contributed by atoms with Crippen molar-refractivity contribution in [1.29, 1.82) is 0 Å². The number of carbonyl (C=O) groups excluding carboxylic acids is 2. The fourth-order valence-corrected chi connectivity index (χ4v) is 1.34. The van der Waals surface area contributed by atoms with E-state index < -0.39 is 17.9 Å². The lowest BCUT2D eigenvalue weighted by Crippen LogP contribution is -2.34. The van der Waals surface area contributed by atoms with E-state index >= 15 is 0 Å². The van der Waals surface area contributed by atoms with Crippen LogP contribution in [0.2, 0.25) is 0 Å². The molecule has 1 heterocycles. The third kappa shape index (κ3) is 5.62. The fraction of sp³-hybridized carbons (Fsp3) is 0.333. The SMILES string of the molecule is Cc1ccncc1NC(=O)NC(=O)CCCC(=O)O. The summed E-state index contributed by atoms with van der Waals surface area (Å²) in [6.45, 7) is 1.80. The average Bonchev–Trinajstić information content (AvgIpc) is 2.31. The molecule has 1 aromatic heterocycles. The number of hydrogen-bond acceptors (Lipinski definition) is 4. The quantitative estimate of drug-likeness (QED) is 0.743. The number of rotatable bonds is 5. The summed E-state index contributed by atoms with van der Waals surface area (Å²) in [5, 5.41) is 13.0. The number of amides is 3. The van der Waals surface area contributed by atoms with Crippen LogP contribution in [0.3, 0.4) is 0 Å². The van der Waals surface area contributed by atoms with Gasteiger partial charge in [0.1, 0.15) is 0 Å². The Morgan fingerprint density at radius 3 is 2.68 bits per heavy atom. The summed E-state index contributed by atoms with van der Waals surface area (Å²) in [7, 11) is 0. The summed E-state index contributed by atoms with van der Waals surface area (Å²) in [4.78, 5) is 36.9. The summed E-state index contributed by atoms with van der Waals surface area (Å²) in [5.41, 5.74) is 1.34. The smallest absolute Gasteiger partial charge is 0.325 e. The van der Waals surface area contributed by atoms with E-state index in [1.54, 1.807) is 19.2 Å². The summed E-state index contributed by atoms with van der Waals surface area (Å²) in [6, 6.07) is 1.07. The third-order valence-electron chi connectivity index (χ3n) is 2.33. The molecule has 1 rings (SSSR count). The molecule has 19 heavy (non-hydrogen) atoms. The number of carboxylic acid groups (broad SMARTS) is 1. The van der Waals surface area contributed by atoms with E-state index in [4.69, 9.17) is 5.11 Å². The van der Waals surface area contributed by atoms with Crippen LogP contribution in [0, 0.1) is 6.92 Å². The second-order valence-corrected chi connectivity index (χ2v) is 3.94. The lowest BCUT2D eigenvalue weighted by atomic mass is 10.2. The minimum absolute atomic E-state index is 0.00819. The van der Waals surface area contributed by atoms with E-state index in [9.17, 15) is 14.4 Å². The van der Waals surface area contributed by atoms with E-state index in [2.05, 4.69) is 15.6 Å². The van der Waals surface area contributed by atoms with Crippen LogP contribution >= 0.6 is 0 Å². The minimum atomic E-state index is -0.969. The zero-order valence-electron chi connectivity index (χ0n) is 10.5. The number of nitrogens with zero attached hydrogens (tertiary/aromatic N) is 1. The number of urea groups is 1. The number of imide groups is 1. The number of carbonyl (C=O) groups is 3. The molecule has 0 aliphatic heterocycles. The Labute approximate surface area is 110 Å². The van der Waals surface area contributed by atoms with Crippen LogP contribution in [0.15, 0.2) is 18.5 Å². The Morgan fingerprint density at radius 1 is 1.32 bits per heavy atom. The molecular weight excluding hydrogens is 250 g/mol. The van der Waals surface area contributed by atoms with Crippen molar-refractivity contribution in [3.8, 4) is 0 Å². The lowest BCUT2D eigenvalue weighted by Gasteiger charge is -2.08. The Balaban J connectivity index is 2.37. The van der Waals surface area contributed by atoms with Crippen molar-refractivity contribution < 1.29 is 19.5 Å². The Morgan fingerprint density at radius 2 is 2.05 bits per heavy atom. The number of carboxylic acids is 1. The van der Waals surface area contributed by atoms with Crippen LogP contribution in [0.1, 0.15) is 24.8 Å². The lowest BCUT2D eigenvalue weighted by molar-refractivity contribution is -0.137. The topological polar surface area (TPSA) is 108 Å². The Bertz CT molecular complexity index is 488. The maximum absolute atomic E-state index is 11.5. The highest BCUT2D eigenvalue weighted by Crippen LogP contribution is 2.10. The van der Waals surface area contributed by atoms with Crippen molar-refractivity contribution in [3.63, 3.8) is 0 Å². The molecule has 7 nitrogen and oxygen atoms in total. The van der Waals surface area contributed by atoms with Gasteiger partial charge in [-0.3, -0.25) is 19.9 Å². The largest absolute Gasteiger partial charge is 0.481 e. The number of pyridine rings is 1. The molecule has 0 atom stereocenters. The molecule has 0 bridgehead atoms. The third-order valence-corrected chi connectivity index (χ3v) is 2.33. The van der Waals surface area contributed by atoms with Gasteiger partial charge in [0.25, 0.3) is 0 Å². The van der Waals surface area contributed by atoms with E-state index in [1.165, 1.54) is 6.20 Å². The van der Waals surface area contributed by atoms with Crippen molar-refractivity contribution in [1.82, 2.24) is 10.3 Å². The van der Waals surface area contributed by atoms with Crippen LogP contribution in [0.5, 0.6) is 0 Å². The molecule has 0 saturated heterocycles. The van der Waals surface area contributed by atoms with Gasteiger partial charge in [-0.15, -0.1) is 0 Å². The van der Waals surface area contributed by atoms with Gasteiger partial charge in [0.2, 0.25) is 5.91 Å². The van der Waals surface area contributed by atoms with Crippen molar-refractivity contribution in [2.75, 3.05) is 5.32 Å². The molecule has 0 spiro atoms. The molecule has 3 amide bonds. The van der Waals surface area contributed by atoms with Crippen molar-refractivity contribution >= 4 is 23.6 Å². The summed E-state index contributed by atoms with van der Waals surface area (Å²) in [6.07, 6.45) is 3.15. The second-order valence-electron chi connectivity index (χ2n) is 3.94. The first-order valence-electron chi connectivity index (χ1n) is 5.72. The molecule has 0 aliphatic carbocycles. The molecule has 1 aromatic rings. The molecule has 0 fully saturated rings. The zero-order chi connectivity index (χ0) is 14.3. The summed E-state index contributed by atoms with van der Waals surface area (Å²) in [5.74, 6) is -1.48. The molecule has 0 aromatic carbocycles. The highest BCUT2D eigenvalue weighted by Gasteiger charge is 2.09. The molecule has 0 radical (unpaired) electrons. The Kier molecular flexibility index (Phi) is 5.46. The van der Waals surface area contributed by atoms with Crippen LogP contribution < -0.4 is 10.6 Å². The van der Waals surface area contributed by atoms with Gasteiger partial charge in [0.05, 0.1) is 11.9 Å². The molecule has 3 N–H and O–H groups in total. The van der Waals surface area contributed by atoms with Crippen LogP contribution in [0.25, 0.3) is 0 Å². The number of aliphatic carboxylic acids is 1. The summed E-state index contributed by atoms with van der Waals surface area (Å²) >= 11 is 0. The minimum Gasteiger partial charge on any atom is -0.481 e. The maximum Gasteiger partial charge on any atom is 0.325 e. The molecule has 102 valence electrons. The van der Waals surface area contributed by atoms with Gasteiger partial charge in [0, 0.05) is 19.0 Å². The first-order chi connectivity index (χ1) is 8.99. The fourth-order valence-electron chi connectivity index (χ4n) is 1.34. The number of nitrogens with one attached hydrogen (secondary N) is 2. The Hall–Kier alpha value is -2.44. The van der Waals surface area contributed by atoms with Gasteiger partial charge >= 0.3 is 12.0 Å². The van der Waals surface area contributed by atoms with Crippen LogP contribution in [-0.2, 0) is 9.59 Å². The standard InChI is InChI=1S/C12H15N3O4/c1-8-5-6-13-7-9(8)14-12(19)15-10(16)3-2-4-11(17)18/h5-7H,2-4H2,1H3,(H,17,18)(H2,14,15,16,19). The average molecular weight is 265 g/mol. The normalized spacial score (nSPS) is 9.74. The predicted octanol–water partition coefficient (Wildman–Crippen LogP) is 1.29. The predicted molar refractivity (Wildman–Crippen MR) is 67.6 cm³/mol. The van der Waals surface area contributed by atoms with E-state index in [1.807, 2.05) is 0 Å². The van der Waals surface area contributed by atoms with Gasteiger partial charge in [-0.05, 0) is 25.0 Å². The highest BCUT2D eigenvalue weighted by molar-refractivity contribution is 6.01. The zero-order valence-corrected chi connectivity index (χ0v) is 10.5. The molecule has 7 heteroatoms. The summed E-state index contributed by atoms with van der Waals surface area (Å²) < 4.78 is 0. The van der Waals surface area contributed by atoms with E-state index in [-0.39, 0.29) is 19.3 Å². The number of aromatic nitrogens is 1. The van der Waals surface area contributed by atoms with Gasteiger partial charge in [-0.2, -0.15) is 0 Å². The molecule has 0 unspecified atom stereocenters. The molecule has 0 aliphatic rings. The van der Waals surface area contributed by atoms with Gasteiger partial charge in [-0.25, -0.2) is 4.79 Å². The maximum atomic E-state index is 11.5. The number of hydrogen-bond donors (Lipinski definition) is 3. The molecular formula is C12H15N3O4. The van der Waals surface area contributed by atoms with Crippen molar-refractivity contribution in [2.24, 2.45) is 0 Å². The van der Waals surface area contributed by atoms with Crippen molar-refractivity contribution in [2.45, 2.75) is 26.2 Å². The van der Waals surface area contributed by atoms with Crippen molar-refractivity contribution in [3.05, 3.63) is 24.0 Å². The van der Waals surface area contributed by atoms with Crippen LogP contribution in [0.4, 0.5) is 10.5 Å². The van der Waals surface area contributed by atoms with E-state index in [0.29, 0.717) is 5.69 Å². The second kappa shape index (κ2) is 7.10. The van der Waals surface area contributed by atoms with Gasteiger partial charge in [0.15, 0.2) is 0 Å². The molecule has 0 saturated carbocycles. The monoisotopic (exact) mass is 265 g/mol. The van der Waals surface area contributed by atoms with Gasteiger partial charge < -0.3 is 10.4 Å². The number of aryl methyl sites for hydroxylation is 1. The van der Waals surface area contributed by atoms with E-state index in [0.717, 1.165) is 5.56 Å². The van der Waals surface area contributed by atoms with Crippen LogP contribution in [-0.4, -0.2) is 28.0 Å². The first kappa shape index (κ1) is 14.6. The number of anilines is 1. The highest BCUT2D eigenvalue weighted by atomic mass is 16.4.